The van der Waals surface area contributed by atoms with Crippen molar-refractivity contribution >= 4 is 28.6 Å². The Bertz CT molecular complexity index is 899. The van der Waals surface area contributed by atoms with Gasteiger partial charge >= 0.3 is 12.0 Å². The van der Waals surface area contributed by atoms with Crippen molar-refractivity contribution < 1.29 is 14.3 Å². The molecule has 1 heterocycles. The van der Waals surface area contributed by atoms with Crippen LogP contribution in [0.3, 0.4) is 0 Å². The van der Waals surface area contributed by atoms with E-state index in [0.717, 1.165) is 16.5 Å². The van der Waals surface area contributed by atoms with Crippen molar-refractivity contribution in [3.05, 3.63) is 59.8 Å². The molecule has 0 fully saturated rings. The molecule has 0 bridgehead atoms. The zero-order chi connectivity index (χ0) is 16.4. The molecule has 1 N–H and O–H groups in total. The normalized spacial score (nSPS) is 10.5. The first-order chi connectivity index (χ1) is 11.1. The fourth-order valence-corrected chi connectivity index (χ4v) is 2.31. The van der Waals surface area contributed by atoms with E-state index in [1.807, 2.05) is 25.1 Å². The third kappa shape index (κ3) is 2.91. The lowest BCUT2D eigenvalue weighted by Gasteiger charge is -2.07. The van der Waals surface area contributed by atoms with Gasteiger partial charge in [-0.05, 0) is 36.8 Å². The number of anilines is 1. The molecular weight excluding hydrogens is 294 g/mol. The zero-order valence-electron chi connectivity index (χ0n) is 12.7. The summed E-state index contributed by atoms with van der Waals surface area (Å²) in [6.45, 7) is 1.95. The summed E-state index contributed by atoms with van der Waals surface area (Å²) >= 11 is 0. The highest BCUT2D eigenvalue weighted by atomic mass is 16.5. The molecule has 3 rings (SSSR count). The van der Waals surface area contributed by atoms with Crippen LogP contribution in [0, 0.1) is 6.92 Å². The van der Waals surface area contributed by atoms with E-state index in [1.54, 1.807) is 30.5 Å². The number of benzene rings is 2. The number of fused-ring (bicyclic) bond motifs is 1. The van der Waals surface area contributed by atoms with Crippen LogP contribution in [-0.4, -0.2) is 28.9 Å². The standard InChI is InChI=1S/C17H15N3O3/c1-11-6-7-13-10-18-20(15(13)8-11)17(22)19-14-5-3-4-12(9-14)16(21)23-2/h3-10H,1-2H3,(H,19,22). The van der Waals surface area contributed by atoms with Crippen molar-refractivity contribution in [3.8, 4) is 0 Å². The Kier molecular flexibility index (Phi) is 3.80. The Hall–Kier alpha value is -3.15. The predicted octanol–water partition coefficient (Wildman–Crippen LogP) is 3.21. The number of methoxy groups -OCH3 is 1. The molecule has 0 aliphatic carbocycles. The summed E-state index contributed by atoms with van der Waals surface area (Å²) in [4.78, 5) is 24.0. The summed E-state index contributed by atoms with van der Waals surface area (Å²) in [5.41, 5.74) is 2.63. The molecule has 1 aromatic heterocycles. The first-order valence-electron chi connectivity index (χ1n) is 7.02. The van der Waals surface area contributed by atoms with Crippen molar-refractivity contribution in [1.82, 2.24) is 9.78 Å². The maximum absolute atomic E-state index is 12.4. The number of hydrogen-bond acceptors (Lipinski definition) is 4. The van der Waals surface area contributed by atoms with E-state index in [2.05, 4.69) is 15.2 Å². The topological polar surface area (TPSA) is 73.2 Å². The Morgan fingerprint density at radius 1 is 1.17 bits per heavy atom. The smallest absolute Gasteiger partial charge is 0.347 e. The molecule has 1 amide bonds. The lowest BCUT2D eigenvalue weighted by Crippen LogP contribution is -2.20. The van der Waals surface area contributed by atoms with E-state index in [4.69, 9.17) is 0 Å². The predicted molar refractivity (Wildman–Crippen MR) is 86.7 cm³/mol. The van der Waals surface area contributed by atoms with E-state index >= 15 is 0 Å². The maximum atomic E-state index is 12.4. The van der Waals surface area contributed by atoms with Gasteiger partial charge in [0.05, 0.1) is 24.4 Å². The number of esters is 1. The van der Waals surface area contributed by atoms with Gasteiger partial charge in [0.25, 0.3) is 0 Å². The van der Waals surface area contributed by atoms with Crippen LogP contribution in [-0.2, 0) is 4.74 Å². The maximum Gasteiger partial charge on any atom is 0.347 e. The van der Waals surface area contributed by atoms with Gasteiger partial charge in [0.1, 0.15) is 0 Å². The van der Waals surface area contributed by atoms with E-state index in [1.165, 1.54) is 11.8 Å². The van der Waals surface area contributed by atoms with Crippen molar-refractivity contribution in [1.29, 1.82) is 0 Å². The second kappa shape index (κ2) is 5.92. The summed E-state index contributed by atoms with van der Waals surface area (Å²) in [6.07, 6.45) is 1.64. The number of aryl methyl sites for hydroxylation is 1. The van der Waals surface area contributed by atoms with Gasteiger partial charge in [0.15, 0.2) is 0 Å². The highest BCUT2D eigenvalue weighted by Crippen LogP contribution is 2.17. The molecule has 116 valence electrons. The SMILES string of the molecule is COC(=O)c1cccc(NC(=O)n2ncc3ccc(C)cc32)c1. The minimum Gasteiger partial charge on any atom is -0.465 e. The lowest BCUT2D eigenvalue weighted by atomic mass is 10.2. The second-order valence-electron chi connectivity index (χ2n) is 5.12. The number of nitrogens with zero attached hydrogens (tertiary/aromatic N) is 2. The largest absolute Gasteiger partial charge is 0.465 e. The van der Waals surface area contributed by atoms with Crippen LogP contribution in [0.1, 0.15) is 15.9 Å². The number of carbonyl (C=O) groups excluding carboxylic acids is 2. The molecular formula is C17H15N3O3. The Morgan fingerprint density at radius 2 is 2.00 bits per heavy atom. The minimum absolute atomic E-state index is 0.367. The van der Waals surface area contributed by atoms with Gasteiger partial charge in [0, 0.05) is 11.1 Å². The number of amides is 1. The zero-order valence-corrected chi connectivity index (χ0v) is 12.7. The number of aromatic nitrogens is 2. The average Bonchev–Trinajstić information content (AvgIpc) is 2.97. The Labute approximate surface area is 132 Å². The van der Waals surface area contributed by atoms with Crippen LogP contribution in [0.25, 0.3) is 10.9 Å². The average molecular weight is 309 g/mol. The third-order valence-corrected chi connectivity index (χ3v) is 3.45. The quantitative estimate of drug-likeness (QED) is 0.738. The van der Waals surface area contributed by atoms with Gasteiger partial charge in [-0.3, -0.25) is 0 Å². The molecule has 0 aliphatic rings. The van der Waals surface area contributed by atoms with E-state index < -0.39 is 12.0 Å². The van der Waals surface area contributed by atoms with E-state index in [0.29, 0.717) is 11.3 Å². The molecule has 0 radical (unpaired) electrons. The van der Waals surface area contributed by atoms with Crippen molar-refractivity contribution in [2.45, 2.75) is 6.92 Å². The van der Waals surface area contributed by atoms with Crippen LogP contribution in [0.5, 0.6) is 0 Å². The summed E-state index contributed by atoms with van der Waals surface area (Å²) < 4.78 is 5.97. The van der Waals surface area contributed by atoms with Gasteiger partial charge in [-0.25, -0.2) is 9.59 Å². The van der Waals surface area contributed by atoms with Crippen molar-refractivity contribution in [3.63, 3.8) is 0 Å². The number of rotatable bonds is 2. The Morgan fingerprint density at radius 3 is 2.78 bits per heavy atom. The van der Waals surface area contributed by atoms with Gasteiger partial charge in [0.2, 0.25) is 0 Å². The number of carbonyl (C=O) groups is 2. The highest BCUT2D eigenvalue weighted by molar-refractivity contribution is 5.98. The molecule has 0 aliphatic heterocycles. The molecule has 2 aromatic carbocycles. The fourth-order valence-electron chi connectivity index (χ4n) is 2.31. The van der Waals surface area contributed by atoms with Crippen LogP contribution in [0.2, 0.25) is 0 Å². The van der Waals surface area contributed by atoms with Gasteiger partial charge in [-0.15, -0.1) is 0 Å². The van der Waals surface area contributed by atoms with Crippen molar-refractivity contribution in [2.24, 2.45) is 0 Å². The number of nitrogens with one attached hydrogen (secondary N) is 1. The summed E-state index contributed by atoms with van der Waals surface area (Å²) in [6, 6.07) is 11.9. The Balaban J connectivity index is 1.89. The minimum atomic E-state index is -0.457. The van der Waals surface area contributed by atoms with Crippen LogP contribution in [0.4, 0.5) is 10.5 Å². The first kappa shape index (κ1) is 14.8. The molecule has 6 heteroatoms. The molecule has 0 unspecified atom stereocenters. The van der Waals surface area contributed by atoms with Gasteiger partial charge < -0.3 is 10.1 Å². The fraction of sp³-hybridized carbons (Fsp3) is 0.118. The van der Waals surface area contributed by atoms with Gasteiger partial charge in [-0.2, -0.15) is 9.78 Å². The van der Waals surface area contributed by atoms with Gasteiger partial charge in [-0.1, -0.05) is 18.2 Å². The second-order valence-corrected chi connectivity index (χ2v) is 5.12. The summed E-state index contributed by atoms with van der Waals surface area (Å²) in [5.74, 6) is -0.457. The molecule has 0 saturated carbocycles. The van der Waals surface area contributed by atoms with Crippen molar-refractivity contribution in [2.75, 3.05) is 12.4 Å². The first-order valence-corrected chi connectivity index (χ1v) is 7.02. The number of hydrogen-bond donors (Lipinski definition) is 1. The monoisotopic (exact) mass is 309 g/mol. The third-order valence-electron chi connectivity index (χ3n) is 3.45. The summed E-state index contributed by atoms with van der Waals surface area (Å²) in [7, 11) is 1.31. The highest BCUT2D eigenvalue weighted by Gasteiger charge is 2.12. The number of ether oxygens (including phenoxy) is 1. The van der Waals surface area contributed by atoms with E-state index in [9.17, 15) is 9.59 Å². The molecule has 3 aromatic rings. The van der Waals surface area contributed by atoms with Crippen LogP contribution in [0.15, 0.2) is 48.7 Å². The molecule has 0 atom stereocenters. The molecule has 0 spiro atoms. The molecule has 6 nitrogen and oxygen atoms in total. The molecule has 0 saturated heterocycles. The lowest BCUT2D eigenvalue weighted by molar-refractivity contribution is 0.0600. The van der Waals surface area contributed by atoms with E-state index in [-0.39, 0.29) is 0 Å². The van der Waals surface area contributed by atoms with Crippen LogP contribution < -0.4 is 5.32 Å². The van der Waals surface area contributed by atoms with Crippen LogP contribution >= 0.6 is 0 Å². The molecule has 23 heavy (non-hydrogen) atoms. The summed E-state index contributed by atoms with van der Waals surface area (Å²) in [5, 5.41) is 7.73.